The summed E-state index contributed by atoms with van der Waals surface area (Å²) in [4.78, 5) is 29.6. The number of hydrogen-bond donors (Lipinski definition) is 0. The second-order valence-corrected chi connectivity index (χ2v) is 5.49. The normalized spacial score (nSPS) is 10.2. The number of aromatic nitrogens is 1. The summed E-state index contributed by atoms with van der Waals surface area (Å²) in [5.74, 6) is -0.231. The molecule has 1 aromatic carbocycles. The van der Waals surface area contributed by atoms with Crippen molar-refractivity contribution in [3.63, 3.8) is 0 Å². The number of anilines is 1. The first-order chi connectivity index (χ1) is 9.99. The Labute approximate surface area is 127 Å². The highest BCUT2D eigenvalue weighted by atomic mass is 32.1. The number of thiazole rings is 1. The topological polar surface area (TPSA) is 59.5 Å². The highest BCUT2D eigenvalue weighted by Gasteiger charge is 2.15. The van der Waals surface area contributed by atoms with Gasteiger partial charge in [-0.05, 0) is 19.1 Å². The molecule has 2 aromatic rings. The summed E-state index contributed by atoms with van der Waals surface area (Å²) in [6, 6.07) is 9.31. The molecular formula is C15H16N2O3S. The second kappa shape index (κ2) is 6.49. The van der Waals surface area contributed by atoms with Crippen molar-refractivity contribution in [3.05, 3.63) is 40.9 Å². The SMILES string of the molecule is CC(=O)c1sc(OCC(=O)N(C)c2ccccc2)nc1C. The fraction of sp³-hybridized carbons (Fsp3) is 0.267. The maximum atomic E-state index is 12.1. The van der Waals surface area contributed by atoms with E-state index in [1.54, 1.807) is 14.0 Å². The van der Waals surface area contributed by atoms with Crippen LogP contribution in [0.2, 0.25) is 0 Å². The van der Waals surface area contributed by atoms with Crippen molar-refractivity contribution < 1.29 is 14.3 Å². The standard InChI is InChI=1S/C15H16N2O3S/c1-10-14(11(2)18)21-15(16-10)20-9-13(19)17(3)12-7-5-4-6-8-12/h4-8H,9H2,1-3H3. The van der Waals surface area contributed by atoms with Crippen LogP contribution in [0.15, 0.2) is 30.3 Å². The molecule has 2 rings (SSSR count). The molecule has 0 fully saturated rings. The number of likely N-dealkylation sites (N-methyl/N-ethyl adjacent to an activating group) is 1. The summed E-state index contributed by atoms with van der Waals surface area (Å²) in [6.07, 6.45) is 0. The minimum atomic E-state index is -0.182. The zero-order chi connectivity index (χ0) is 15.4. The Morgan fingerprint density at radius 1 is 1.29 bits per heavy atom. The predicted octanol–water partition coefficient (Wildman–Crippen LogP) is 2.70. The quantitative estimate of drug-likeness (QED) is 0.797. The minimum Gasteiger partial charge on any atom is -0.460 e. The van der Waals surface area contributed by atoms with E-state index in [0.717, 1.165) is 17.0 Å². The molecular weight excluding hydrogens is 288 g/mol. The lowest BCUT2D eigenvalue weighted by molar-refractivity contribution is -0.120. The Morgan fingerprint density at radius 3 is 2.52 bits per heavy atom. The van der Waals surface area contributed by atoms with E-state index in [2.05, 4.69) is 4.98 Å². The summed E-state index contributed by atoms with van der Waals surface area (Å²) in [5.41, 5.74) is 1.43. The van der Waals surface area contributed by atoms with Crippen molar-refractivity contribution in [2.75, 3.05) is 18.6 Å². The van der Waals surface area contributed by atoms with Gasteiger partial charge in [-0.1, -0.05) is 29.5 Å². The van der Waals surface area contributed by atoms with E-state index in [-0.39, 0.29) is 18.3 Å². The molecule has 0 saturated heterocycles. The third kappa shape index (κ3) is 3.66. The van der Waals surface area contributed by atoms with Crippen LogP contribution < -0.4 is 9.64 Å². The lowest BCUT2D eigenvalue weighted by Gasteiger charge is -2.16. The predicted molar refractivity (Wildman–Crippen MR) is 82.2 cm³/mol. The number of amides is 1. The number of hydrogen-bond acceptors (Lipinski definition) is 5. The van der Waals surface area contributed by atoms with Gasteiger partial charge in [-0.3, -0.25) is 9.59 Å². The van der Waals surface area contributed by atoms with Crippen molar-refractivity contribution in [3.8, 4) is 5.19 Å². The van der Waals surface area contributed by atoms with Gasteiger partial charge in [0.1, 0.15) is 0 Å². The van der Waals surface area contributed by atoms with Crippen LogP contribution >= 0.6 is 11.3 Å². The smallest absolute Gasteiger partial charge is 0.274 e. The molecule has 1 aromatic heterocycles. The second-order valence-electron chi connectivity index (χ2n) is 4.53. The largest absolute Gasteiger partial charge is 0.460 e. The number of nitrogens with zero attached hydrogens (tertiary/aromatic N) is 2. The number of carbonyl (C=O) groups is 2. The number of ketones is 1. The van der Waals surface area contributed by atoms with Crippen LogP contribution in [-0.2, 0) is 4.79 Å². The zero-order valence-electron chi connectivity index (χ0n) is 12.1. The monoisotopic (exact) mass is 304 g/mol. The number of para-hydroxylation sites is 1. The molecule has 0 atom stereocenters. The molecule has 110 valence electrons. The van der Waals surface area contributed by atoms with Crippen LogP contribution in [0.4, 0.5) is 5.69 Å². The van der Waals surface area contributed by atoms with E-state index in [0.29, 0.717) is 15.8 Å². The molecule has 0 unspecified atom stereocenters. The number of rotatable bonds is 5. The molecule has 0 aliphatic carbocycles. The van der Waals surface area contributed by atoms with Gasteiger partial charge in [0, 0.05) is 19.7 Å². The summed E-state index contributed by atoms with van der Waals surface area (Å²) in [7, 11) is 1.69. The van der Waals surface area contributed by atoms with Crippen molar-refractivity contribution in [2.24, 2.45) is 0 Å². The average Bonchev–Trinajstić information content (AvgIpc) is 2.86. The van der Waals surface area contributed by atoms with Crippen LogP contribution in [0, 0.1) is 6.92 Å². The van der Waals surface area contributed by atoms with Gasteiger partial charge in [-0.2, -0.15) is 0 Å². The maximum absolute atomic E-state index is 12.1. The number of carbonyl (C=O) groups excluding carboxylic acids is 2. The maximum Gasteiger partial charge on any atom is 0.274 e. The van der Waals surface area contributed by atoms with Gasteiger partial charge >= 0.3 is 0 Å². The minimum absolute atomic E-state index is 0.0485. The van der Waals surface area contributed by atoms with Crippen LogP contribution in [0.3, 0.4) is 0 Å². The fourth-order valence-electron chi connectivity index (χ4n) is 1.78. The Bertz CT molecular complexity index is 652. The van der Waals surface area contributed by atoms with E-state index in [9.17, 15) is 9.59 Å². The van der Waals surface area contributed by atoms with Crippen molar-refractivity contribution in [2.45, 2.75) is 13.8 Å². The first-order valence-corrected chi connectivity index (χ1v) is 7.23. The molecule has 0 aliphatic heterocycles. The Morgan fingerprint density at radius 2 is 1.95 bits per heavy atom. The highest BCUT2D eigenvalue weighted by Crippen LogP contribution is 2.25. The Balaban J connectivity index is 1.98. The zero-order valence-corrected chi connectivity index (χ0v) is 12.9. The van der Waals surface area contributed by atoms with E-state index >= 15 is 0 Å². The number of benzene rings is 1. The van der Waals surface area contributed by atoms with E-state index in [1.165, 1.54) is 11.8 Å². The molecule has 21 heavy (non-hydrogen) atoms. The molecule has 6 heteroatoms. The third-order valence-electron chi connectivity index (χ3n) is 2.93. The molecule has 0 radical (unpaired) electrons. The number of ether oxygens (including phenoxy) is 1. The molecule has 0 saturated carbocycles. The lowest BCUT2D eigenvalue weighted by Crippen LogP contribution is -2.31. The van der Waals surface area contributed by atoms with Crippen molar-refractivity contribution in [1.82, 2.24) is 4.98 Å². The van der Waals surface area contributed by atoms with E-state index in [1.807, 2.05) is 30.3 Å². The lowest BCUT2D eigenvalue weighted by atomic mass is 10.3. The molecule has 5 nitrogen and oxygen atoms in total. The summed E-state index contributed by atoms with van der Waals surface area (Å²) >= 11 is 1.16. The van der Waals surface area contributed by atoms with Crippen LogP contribution in [-0.4, -0.2) is 30.3 Å². The Hall–Kier alpha value is -2.21. The Kier molecular flexibility index (Phi) is 4.70. The summed E-state index contributed by atoms with van der Waals surface area (Å²) < 4.78 is 5.39. The van der Waals surface area contributed by atoms with Crippen LogP contribution in [0.1, 0.15) is 22.3 Å². The van der Waals surface area contributed by atoms with Gasteiger partial charge in [0.05, 0.1) is 10.6 Å². The molecule has 0 spiro atoms. The highest BCUT2D eigenvalue weighted by molar-refractivity contribution is 7.15. The van der Waals surface area contributed by atoms with Gasteiger partial charge < -0.3 is 9.64 Å². The van der Waals surface area contributed by atoms with Crippen LogP contribution in [0.25, 0.3) is 0 Å². The van der Waals surface area contributed by atoms with E-state index in [4.69, 9.17) is 4.74 Å². The van der Waals surface area contributed by atoms with Gasteiger partial charge in [0.25, 0.3) is 11.1 Å². The first kappa shape index (κ1) is 15.2. The number of aryl methyl sites for hydroxylation is 1. The molecule has 1 amide bonds. The number of Topliss-reactive ketones (excluding diaryl/α,β-unsaturated/α-hetero) is 1. The average molecular weight is 304 g/mol. The molecule has 0 N–H and O–H groups in total. The van der Waals surface area contributed by atoms with Gasteiger partial charge in [0.15, 0.2) is 12.4 Å². The van der Waals surface area contributed by atoms with Gasteiger partial charge in [-0.25, -0.2) is 4.98 Å². The van der Waals surface area contributed by atoms with Crippen LogP contribution in [0.5, 0.6) is 5.19 Å². The summed E-state index contributed by atoms with van der Waals surface area (Å²) in [6.45, 7) is 3.12. The molecule has 0 aliphatic rings. The molecule has 1 heterocycles. The van der Waals surface area contributed by atoms with Gasteiger partial charge in [-0.15, -0.1) is 0 Å². The van der Waals surface area contributed by atoms with E-state index < -0.39 is 0 Å². The first-order valence-electron chi connectivity index (χ1n) is 6.42. The molecule has 0 bridgehead atoms. The summed E-state index contributed by atoms with van der Waals surface area (Å²) in [5, 5.41) is 0.340. The third-order valence-corrected chi connectivity index (χ3v) is 4.10. The fourth-order valence-corrected chi connectivity index (χ4v) is 2.59. The van der Waals surface area contributed by atoms with Gasteiger partial charge in [0.2, 0.25) is 0 Å². The van der Waals surface area contributed by atoms with Crippen molar-refractivity contribution in [1.29, 1.82) is 0 Å². The van der Waals surface area contributed by atoms with Crippen molar-refractivity contribution >= 4 is 28.7 Å².